The average Bonchev–Trinajstić information content (AvgIpc) is 2.73. The highest BCUT2D eigenvalue weighted by Crippen LogP contribution is 2.29. The lowest BCUT2D eigenvalue weighted by atomic mass is 10.1. The van der Waals surface area contributed by atoms with Gasteiger partial charge in [-0.2, -0.15) is 0 Å². The van der Waals surface area contributed by atoms with E-state index in [1.807, 2.05) is 6.07 Å². The van der Waals surface area contributed by atoms with Crippen molar-refractivity contribution in [2.45, 2.75) is 71.2 Å². The molecular formula is C18H29NO2. The van der Waals surface area contributed by atoms with Gasteiger partial charge >= 0.3 is 0 Å². The minimum atomic E-state index is 0.00645. The van der Waals surface area contributed by atoms with Gasteiger partial charge in [-0.15, -0.1) is 0 Å². The highest BCUT2D eigenvalue weighted by Gasteiger charge is 2.31. The quantitative estimate of drug-likeness (QED) is 0.892. The van der Waals surface area contributed by atoms with Crippen LogP contribution in [0.5, 0.6) is 5.75 Å². The number of rotatable bonds is 5. The van der Waals surface area contributed by atoms with E-state index in [9.17, 15) is 0 Å². The molecule has 0 amide bonds. The molecule has 3 nitrogen and oxygen atoms in total. The molecule has 1 saturated heterocycles. The van der Waals surface area contributed by atoms with Crippen LogP contribution >= 0.6 is 0 Å². The molecule has 1 aliphatic heterocycles. The van der Waals surface area contributed by atoms with Crippen LogP contribution in [0.15, 0.2) is 24.3 Å². The molecule has 1 N–H and O–H groups in total. The highest BCUT2D eigenvalue weighted by atomic mass is 16.6. The second kappa shape index (κ2) is 6.37. The van der Waals surface area contributed by atoms with Crippen molar-refractivity contribution in [3.8, 4) is 5.75 Å². The third kappa shape index (κ3) is 5.68. The van der Waals surface area contributed by atoms with E-state index in [-0.39, 0.29) is 17.2 Å². The van der Waals surface area contributed by atoms with Crippen molar-refractivity contribution in [3.05, 3.63) is 29.8 Å². The molecule has 1 unspecified atom stereocenters. The molecule has 1 heterocycles. The van der Waals surface area contributed by atoms with E-state index < -0.39 is 0 Å². The Hall–Kier alpha value is -1.06. The number of hydrogen-bond donors (Lipinski definition) is 1. The largest absolute Gasteiger partial charge is 0.491 e. The molecule has 0 radical (unpaired) electrons. The molecule has 1 aromatic rings. The maximum atomic E-state index is 5.96. The lowest BCUT2D eigenvalue weighted by molar-refractivity contribution is -0.0326. The minimum Gasteiger partial charge on any atom is -0.491 e. The average molecular weight is 291 g/mol. The summed E-state index contributed by atoms with van der Waals surface area (Å²) >= 11 is 0. The standard InChI is InChI=1S/C18H29NO2/c1-17(2,3)19-12-14-7-6-8-15(11-14)20-13-16-9-10-18(4,5)21-16/h6-8,11,16,19H,9-10,12-13H2,1-5H3. The number of nitrogens with one attached hydrogen (secondary N) is 1. The van der Waals surface area contributed by atoms with Crippen LogP contribution in [0.3, 0.4) is 0 Å². The summed E-state index contributed by atoms with van der Waals surface area (Å²) < 4.78 is 11.9. The first kappa shape index (κ1) is 16.3. The van der Waals surface area contributed by atoms with Crippen LogP contribution in [-0.4, -0.2) is 23.9 Å². The van der Waals surface area contributed by atoms with Crippen molar-refractivity contribution in [3.63, 3.8) is 0 Å². The molecule has 0 bridgehead atoms. The second-order valence-corrected chi connectivity index (χ2v) is 7.60. The van der Waals surface area contributed by atoms with Crippen LogP contribution in [-0.2, 0) is 11.3 Å². The molecule has 0 aliphatic carbocycles. The Balaban J connectivity index is 1.84. The van der Waals surface area contributed by atoms with E-state index in [1.165, 1.54) is 5.56 Å². The molecule has 1 atom stereocenters. The lowest BCUT2D eigenvalue weighted by Crippen LogP contribution is -2.35. The van der Waals surface area contributed by atoms with Crippen LogP contribution in [0.1, 0.15) is 53.0 Å². The molecule has 2 rings (SSSR count). The van der Waals surface area contributed by atoms with Gasteiger partial charge in [-0.1, -0.05) is 12.1 Å². The fourth-order valence-electron chi connectivity index (χ4n) is 2.50. The van der Waals surface area contributed by atoms with Gasteiger partial charge in [-0.05, 0) is 65.2 Å². The minimum absolute atomic E-state index is 0.00645. The van der Waals surface area contributed by atoms with Crippen LogP contribution < -0.4 is 10.1 Å². The van der Waals surface area contributed by atoms with Crippen molar-refractivity contribution in [1.82, 2.24) is 5.32 Å². The SMILES string of the molecule is CC(C)(C)NCc1cccc(OCC2CCC(C)(C)O2)c1. The van der Waals surface area contributed by atoms with Crippen molar-refractivity contribution in [2.75, 3.05) is 6.61 Å². The Morgan fingerprint density at radius 1 is 1.33 bits per heavy atom. The van der Waals surface area contributed by atoms with Gasteiger partial charge in [0.1, 0.15) is 12.4 Å². The fourth-order valence-corrected chi connectivity index (χ4v) is 2.50. The van der Waals surface area contributed by atoms with Crippen molar-refractivity contribution in [1.29, 1.82) is 0 Å². The Bertz CT molecular complexity index is 463. The summed E-state index contributed by atoms with van der Waals surface area (Å²) in [4.78, 5) is 0. The number of hydrogen-bond acceptors (Lipinski definition) is 3. The van der Waals surface area contributed by atoms with Gasteiger partial charge in [0, 0.05) is 12.1 Å². The van der Waals surface area contributed by atoms with E-state index in [0.29, 0.717) is 6.61 Å². The summed E-state index contributed by atoms with van der Waals surface area (Å²) in [6.07, 6.45) is 2.41. The molecule has 118 valence electrons. The van der Waals surface area contributed by atoms with Crippen LogP contribution in [0, 0.1) is 0 Å². The van der Waals surface area contributed by atoms with Crippen LogP contribution in [0.2, 0.25) is 0 Å². The first-order valence-electron chi connectivity index (χ1n) is 7.88. The summed E-state index contributed by atoms with van der Waals surface area (Å²) in [6.45, 7) is 12.3. The smallest absolute Gasteiger partial charge is 0.119 e. The molecule has 3 heteroatoms. The van der Waals surface area contributed by atoms with Gasteiger partial charge in [0.05, 0.1) is 11.7 Å². The predicted molar refractivity (Wildman–Crippen MR) is 86.7 cm³/mol. The van der Waals surface area contributed by atoms with E-state index in [0.717, 1.165) is 25.1 Å². The third-order valence-corrected chi connectivity index (χ3v) is 3.71. The van der Waals surface area contributed by atoms with Gasteiger partial charge in [0.15, 0.2) is 0 Å². The van der Waals surface area contributed by atoms with Gasteiger partial charge in [0.25, 0.3) is 0 Å². The molecule has 0 aromatic heterocycles. The summed E-state index contributed by atoms with van der Waals surface area (Å²) in [5.74, 6) is 0.927. The van der Waals surface area contributed by atoms with Gasteiger partial charge in [0.2, 0.25) is 0 Å². The van der Waals surface area contributed by atoms with Crippen LogP contribution in [0.25, 0.3) is 0 Å². The highest BCUT2D eigenvalue weighted by molar-refractivity contribution is 5.28. The Morgan fingerprint density at radius 2 is 2.10 bits per heavy atom. The summed E-state index contributed by atoms with van der Waals surface area (Å²) in [5.41, 5.74) is 1.38. The van der Waals surface area contributed by atoms with E-state index in [1.54, 1.807) is 0 Å². The van der Waals surface area contributed by atoms with Gasteiger partial charge in [-0.3, -0.25) is 0 Å². The van der Waals surface area contributed by atoms with Crippen molar-refractivity contribution >= 4 is 0 Å². The zero-order chi connectivity index (χ0) is 15.5. The maximum Gasteiger partial charge on any atom is 0.119 e. The maximum absolute atomic E-state index is 5.96. The predicted octanol–water partition coefficient (Wildman–Crippen LogP) is 3.91. The Kier molecular flexibility index (Phi) is 4.95. The molecular weight excluding hydrogens is 262 g/mol. The first-order valence-corrected chi connectivity index (χ1v) is 7.88. The fraction of sp³-hybridized carbons (Fsp3) is 0.667. The second-order valence-electron chi connectivity index (χ2n) is 7.60. The molecule has 1 aromatic carbocycles. The Morgan fingerprint density at radius 3 is 2.71 bits per heavy atom. The van der Waals surface area contributed by atoms with Crippen molar-refractivity contribution < 1.29 is 9.47 Å². The zero-order valence-corrected chi connectivity index (χ0v) is 14.0. The monoisotopic (exact) mass is 291 g/mol. The van der Waals surface area contributed by atoms with E-state index in [4.69, 9.17) is 9.47 Å². The number of ether oxygens (including phenoxy) is 2. The topological polar surface area (TPSA) is 30.5 Å². The summed E-state index contributed by atoms with van der Waals surface area (Å²) in [7, 11) is 0. The molecule has 0 spiro atoms. The Labute approximate surface area is 129 Å². The van der Waals surface area contributed by atoms with Crippen molar-refractivity contribution in [2.24, 2.45) is 0 Å². The van der Waals surface area contributed by atoms with E-state index >= 15 is 0 Å². The normalized spacial score (nSPS) is 21.5. The lowest BCUT2D eigenvalue weighted by Gasteiger charge is -2.21. The molecule has 1 aliphatic rings. The first-order chi connectivity index (χ1) is 9.73. The summed E-state index contributed by atoms with van der Waals surface area (Å²) in [6, 6.07) is 8.30. The molecule has 21 heavy (non-hydrogen) atoms. The molecule has 1 fully saturated rings. The van der Waals surface area contributed by atoms with Gasteiger partial charge < -0.3 is 14.8 Å². The van der Waals surface area contributed by atoms with E-state index in [2.05, 4.69) is 58.1 Å². The zero-order valence-electron chi connectivity index (χ0n) is 14.0. The number of benzene rings is 1. The van der Waals surface area contributed by atoms with Crippen LogP contribution in [0.4, 0.5) is 0 Å². The molecule has 0 saturated carbocycles. The van der Waals surface area contributed by atoms with Gasteiger partial charge in [-0.25, -0.2) is 0 Å². The summed E-state index contributed by atoms with van der Waals surface area (Å²) in [5, 5.41) is 3.49. The third-order valence-electron chi connectivity index (χ3n) is 3.71.